The maximum Gasteiger partial charge on any atom is 0.508 e. The third kappa shape index (κ3) is 5.23. The van der Waals surface area contributed by atoms with Crippen molar-refractivity contribution in [2.75, 3.05) is 20.8 Å². The smallest absolute Gasteiger partial charge is 0.438 e. The Morgan fingerprint density at radius 1 is 1.50 bits per heavy atom. The third-order valence-corrected chi connectivity index (χ3v) is 1.44. The van der Waals surface area contributed by atoms with Crippen molar-refractivity contribution in [3.63, 3.8) is 0 Å². The van der Waals surface area contributed by atoms with Crippen molar-refractivity contribution < 1.29 is 28.5 Å². The lowest BCUT2D eigenvalue weighted by Crippen LogP contribution is -2.06. The number of hydrogen-bond donors (Lipinski definition) is 0. The molecule has 1 atom stereocenters. The van der Waals surface area contributed by atoms with Crippen molar-refractivity contribution in [3.05, 3.63) is 0 Å². The van der Waals surface area contributed by atoms with Crippen LogP contribution in [0.3, 0.4) is 0 Å². The Labute approximate surface area is 82.1 Å². The molecule has 0 aromatic rings. The molecule has 1 rings (SSSR count). The van der Waals surface area contributed by atoms with Crippen LogP contribution >= 0.6 is 0 Å². The molecule has 0 radical (unpaired) electrons. The van der Waals surface area contributed by atoms with Gasteiger partial charge in [-0.25, -0.2) is 9.59 Å². The molecule has 1 saturated heterocycles. The first-order chi connectivity index (χ1) is 6.63. The molecule has 0 N–H and O–H groups in total. The monoisotopic (exact) mass is 206 g/mol. The summed E-state index contributed by atoms with van der Waals surface area (Å²) in [5, 5.41) is 0. The number of carbonyl (C=O) groups excluding carboxylic acids is 2. The molecule has 82 valence electrons. The standard InChI is InChI=1S/C5H8O3.C3H6O3/c1-2-4-3-7-5(6)8-4;1-5-3(4)6-2/h4H,2-3H2,1H3;1-2H3. The minimum Gasteiger partial charge on any atom is -0.438 e. The molecule has 1 aliphatic heterocycles. The van der Waals surface area contributed by atoms with Gasteiger partial charge in [-0.2, -0.15) is 0 Å². The van der Waals surface area contributed by atoms with Crippen LogP contribution in [0.5, 0.6) is 0 Å². The van der Waals surface area contributed by atoms with Crippen LogP contribution in [0, 0.1) is 0 Å². The molecule has 1 unspecified atom stereocenters. The zero-order valence-corrected chi connectivity index (χ0v) is 8.44. The van der Waals surface area contributed by atoms with Crippen LogP contribution in [-0.2, 0) is 18.9 Å². The first kappa shape index (κ1) is 12.5. The predicted octanol–water partition coefficient (Wildman–Crippen LogP) is 1.33. The van der Waals surface area contributed by atoms with Crippen molar-refractivity contribution >= 4 is 12.3 Å². The molecule has 0 amide bonds. The molecule has 1 aliphatic rings. The predicted molar refractivity (Wildman–Crippen MR) is 45.9 cm³/mol. The molecule has 0 spiro atoms. The Bertz CT molecular complexity index is 184. The second-order valence-electron chi connectivity index (χ2n) is 2.37. The van der Waals surface area contributed by atoms with Crippen molar-refractivity contribution in [3.8, 4) is 0 Å². The molecule has 0 bridgehead atoms. The van der Waals surface area contributed by atoms with E-state index in [1.165, 1.54) is 14.2 Å². The van der Waals surface area contributed by atoms with E-state index in [-0.39, 0.29) is 6.10 Å². The first-order valence-corrected chi connectivity index (χ1v) is 4.09. The largest absolute Gasteiger partial charge is 0.508 e. The summed E-state index contributed by atoms with van der Waals surface area (Å²) < 4.78 is 17.2. The Balaban J connectivity index is 0.000000255. The fourth-order valence-corrected chi connectivity index (χ4v) is 0.650. The summed E-state index contributed by atoms with van der Waals surface area (Å²) in [6, 6.07) is 0. The normalized spacial score (nSPS) is 18.5. The van der Waals surface area contributed by atoms with E-state index in [0.29, 0.717) is 6.61 Å². The van der Waals surface area contributed by atoms with E-state index in [1.807, 2.05) is 6.92 Å². The Hall–Kier alpha value is -1.46. The van der Waals surface area contributed by atoms with Crippen LogP contribution in [-0.4, -0.2) is 39.2 Å². The highest BCUT2D eigenvalue weighted by Crippen LogP contribution is 2.07. The van der Waals surface area contributed by atoms with Crippen molar-refractivity contribution in [2.45, 2.75) is 19.4 Å². The summed E-state index contributed by atoms with van der Waals surface area (Å²) in [5.74, 6) is 0. The molecular weight excluding hydrogens is 192 g/mol. The van der Waals surface area contributed by atoms with Crippen LogP contribution in [0.15, 0.2) is 0 Å². The maximum absolute atomic E-state index is 10.2. The molecular formula is C8H14O6. The average molecular weight is 206 g/mol. The molecule has 14 heavy (non-hydrogen) atoms. The number of cyclic esters (lactones) is 2. The van der Waals surface area contributed by atoms with Crippen LogP contribution in [0.4, 0.5) is 9.59 Å². The average Bonchev–Trinajstić information content (AvgIpc) is 2.64. The summed E-state index contributed by atoms with van der Waals surface area (Å²) in [7, 11) is 2.51. The Morgan fingerprint density at radius 3 is 2.21 bits per heavy atom. The maximum atomic E-state index is 10.2. The zero-order chi connectivity index (χ0) is 11.0. The zero-order valence-electron chi connectivity index (χ0n) is 8.44. The van der Waals surface area contributed by atoms with Gasteiger partial charge in [0.2, 0.25) is 0 Å². The molecule has 6 heteroatoms. The Kier molecular flexibility index (Phi) is 6.26. The molecule has 1 fully saturated rings. The highest BCUT2D eigenvalue weighted by Gasteiger charge is 2.22. The summed E-state index contributed by atoms with van der Waals surface area (Å²) in [6.45, 7) is 2.38. The molecule has 6 nitrogen and oxygen atoms in total. The fraction of sp³-hybridized carbons (Fsp3) is 0.750. The van der Waals surface area contributed by atoms with Crippen molar-refractivity contribution in [1.82, 2.24) is 0 Å². The SMILES string of the molecule is CCC1COC(=O)O1.COC(=O)OC. The minimum atomic E-state index is -0.657. The van der Waals surface area contributed by atoms with Gasteiger partial charge in [0.25, 0.3) is 0 Å². The van der Waals surface area contributed by atoms with Gasteiger partial charge < -0.3 is 18.9 Å². The highest BCUT2D eigenvalue weighted by atomic mass is 16.8. The lowest BCUT2D eigenvalue weighted by Gasteiger charge is -1.97. The minimum absolute atomic E-state index is 0.00231. The summed E-state index contributed by atoms with van der Waals surface area (Å²) >= 11 is 0. The topological polar surface area (TPSA) is 71.1 Å². The van der Waals surface area contributed by atoms with Gasteiger partial charge in [-0.3, -0.25) is 0 Å². The van der Waals surface area contributed by atoms with E-state index in [2.05, 4.69) is 18.9 Å². The number of ether oxygens (including phenoxy) is 4. The van der Waals surface area contributed by atoms with Gasteiger partial charge in [0, 0.05) is 0 Å². The number of rotatable bonds is 1. The van der Waals surface area contributed by atoms with Crippen molar-refractivity contribution in [2.24, 2.45) is 0 Å². The van der Waals surface area contributed by atoms with Crippen LogP contribution in [0.2, 0.25) is 0 Å². The van der Waals surface area contributed by atoms with E-state index in [0.717, 1.165) is 6.42 Å². The van der Waals surface area contributed by atoms with E-state index < -0.39 is 12.3 Å². The lowest BCUT2D eigenvalue weighted by molar-refractivity contribution is 0.0924. The van der Waals surface area contributed by atoms with Crippen LogP contribution < -0.4 is 0 Å². The number of hydrogen-bond acceptors (Lipinski definition) is 6. The molecule has 0 aliphatic carbocycles. The fourth-order valence-electron chi connectivity index (χ4n) is 0.650. The molecule has 0 saturated carbocycles. The van der Waals surface area contributed by atoms with Gasteiger partial charge in [0.1, 0.15) is 12.7 Å². The van der Waals surface area contributed by atoms with Gasteiger partial charge >= 0.3 is 12.3 Å². The van der Waals surface area contributed by atoms with Gasteiger partial charge in [-0.1, -0.05) is 6.92 Å². The molecule has 1 heterocycles. The van der Waals surface area contributed by atoms with Gasteiger partial charge in [0.05, 0.1) is 14.2 Å². The van der Waals surface area contributed by atoms with E-state index in [1.54, 1.807) is 0 Å². The third-order valence-electron chi connectivity index (χ3n) is 1.44. The second-order valence-corrected chi connectivity index (χ2v) is 2.37. The van der Waals surface area contributed by atoms with E-state index in [4.69, 9.17) is 0 Å². The quantitative estimate of drug-likeness (QED) is 0.603. The Morgan fingerprint density at radius 2 is 2.07 bits per heavy atom. The van der Waals surface area contributed by atoms with Crippen molar-refractivity contribution in [1.29, 1.82) is 0 Å². The first-order valence-electron chi connectivity index (χ1n) is 4.09. The van der Waals surface area contributed by atoms with Crippen LogP contribution in [0.25, 0.3) is 0 Å². The van der Waals surface area contributed by atoms with Gasteiger partial charge in [-0.15, -0.1) is 0 Å². The van der Waals surface area contributed by atoms with Gasteiger partial charge in [-0.05, 0) is 6.42 Å². The number of methoxy groups -OCH3 is 2. The second kappa shape index (κ2) is 6.99. The van der Waals surface area contributed by atoms with Gasteiger partial charge in [0.15, 0.2) is 0 Å². The molecule has 0 aromatic heterocycles. The molecule has 0 aromatic carbocycles. The van der Waals surface area contributed by atoms with Crippen LogP contribution in [0.1, 0.15) is 13.3 Å². The van der Waals surface area contributed by atoms with E-state index in [9.17, 15) is 9.59 Å². The lowest BCUT2D eigenvalue weighted by atomic mass is 10.3. The van der Waals surface area contributed by atoms with E-state index >= 15 is 0 Å². The summed E-state index contributed by atoms with van der Waals surface area (Å²) in [5.41, 5.74) is 0. The highest BCUT2D eigenvalue weighted by molar-refractivity contribution is 5.61. The summed E-state index contributed by atoms with van der Waals surface area (Å²) in [6.07, 6.45) is -0.347. The summed E-state index contributed by atoms with van der Waals surface area (Å²) in [4.78, 5) is 19.9. The number of carbonyl (C=O) groups is 2.